The van der Waals surface area contributed by atoms with E-state index in [4.69, 9.17) is 10.8 Å². The van der Waals surface area contributed by atoms with Crippen molar-refractivity contribution in [1.82, 2.24) is 0 Å². The van der Waals surface area contributed by atoms with E-state index in [1.807, 2.05) is 0 Å². The van der Waals surface area contributed by atoms with Crippen LogP contribution < -0.4 is 5.73 Å². The lowest BCUT2D eigenvalue weighted by Gasteiger charge is -2.08. The van der Waals surface area contributed by atoms with Gasteiger partial charge in [-0.25, -0.2) is 0 Å². The lowest BCUT2D eigenvalue weighted by molar-refractivity contribution is 0.444. The molecule has 0 saturated heterocycles. The zero-order valence-corrected chi connectivity index (χ0v) is 7.79. The normalized spacial score (nSPS) is 11.5. The number of phenolic OH excluding ortho intramolecular Hbond substituents is 2. The third-order valence-corrected chi connectivity index (χ3v) is 1.63. The summed E-state index contributed by atoms with van der Waals surface area (Å²) in [5.74, 6) is 0.00918. The molecular formula is C9H12ClNO2. The molecule has 0 aromatic heterocycles. The summed E-state index contributed by atoms with van der Waals surface area (Å²) in [7, 11) is 0. The summed E-state index contributed by atoms with van der Waals surface area (Å²) in [6.45, 7) is 3.50. The van der Waals surface area contributed by atoms with Crippen molar-refractivity contribution in [2.45, 2.75) is 6.04 Å². The lowest BCUT2D eigenvalue weighted by Crippen LogP contribution is -2.06. The molecule has 0 fully saturated rings. The molecule has 0 aliphatic carbocycles. The summed E-state index contributed by atoms with van der Waals surface area (Å²) in [5.41, 5.74) is 6.14. The first kappa shape index (κ1) is 11.8. The standard InChI is InChI=1S/C9H11NO2.ClH/c1-2-8(10)7-4-3-6(11)5-9(7)12;/h2-5,8,11-12H,1,10H2;1H/t8-;/m0./s1. The van der Waals surface area contributed by atoms with Gasteiger partial charge in [0.25, 0.3) is 0 Å². The van der Waals surface area contributed by atoms with E-state index in [0.29, 0.717) is 5.56 Å². The Morgan fingerprint density at radius 3 is 2.46 bits per heavy atom. The Bertz CT molecular complexity index is 302. The number of halogens is 1. The highest BCUT2D eigenvalue weighted by Crippen LogP contribution is 2.26. The van der Waals surface area contributed by atoms with Crippen LogP contribution in [-0.4, -0.2) is 10.2 Å². The van der Waals surface area contributed by atoms with Crippen molar-refractivity contribution < 1.29 is 10.2 Å². The fraction of sp³-hybridized carbons (Fsp3) is 0.111. The average Bonchev–Trinajstić information content (AvgIpc) is 2.03. The highest BCUT2D eigenvalue weighted by atomic mass is 35.5. The van der Waals surface area contributed by atoms with E-state index in [1.165, 1.54) is 18.2 Å². The maximum atomic E-state index is 9.31. The summed E-state index contributed by atoms with van der Waals surface area (Å²) in [6.07, 6.45) is 1.52. The van der Waals surface area contributed by atoms with Crippen molar-refractivity contribution >= 4 is 12.4 Å². The van der Waals surface area contributed by atoms with Crippen molar-refractivity contribution in [1.29, 1.82) is 0 Å². The Hall–Kier alpha value is -1.19. The maximum Gasteiger partial charge on any atom is 0.124 e. The molecule has 1 aromatic rings. The molecule has 0 spiro atoms. The molecule has 0 heterocycles. The number of rotatable bonds is 2. The third kappa shape index (κ3) is 2.65. The van der Waals surface area contributed by atoms with E-state index >= 15 is 0 Å². The molecule has 0 radical (unpaired) electrons. The minimum absolute atomic E-state index is 0. The van der Waals surface area contributed by atoms with Crippen LogP contribution in [0, 0.1) is 0 Å². The highest BCUT2D eigenvalue weighted by Gasteiger charge is 2.06. The van der Waals surface area contributed by atoms with Crippen LogP contribution in [0.5, 0.6) is 11.5 Å². The van der Waals surface area contributed by atoms with Crippen LogP contribution in [0.4, 0.5) is 0 Å². The number of hydrogen-bond acceptors (Lipinski definition) is 3. The summed E-state index contributed by atoms with van der Waals surface area (Å²) >= 11 is 0. The number of hydrogen-bond donors (Lipinski definition) is 3. The van der Waals surface area contributed by atoms with Gasteiger partial charge in [-0.2, -0.15) is 0 Å². The maximum absolute atomic E-state index is 9.31. The van der Waals surface area contributed by atoms with E-state index in [9.17, 15) is 5.11 Å². The van der Waals surface area contributed by atoms with Gasteiger partial charge in [-0.3, -0.25) is 0 Å². The highest BCUT2D eigenvalue weighted by molar-refractivity contribution is 5.85. The second-order valence-electron chi connectivity index (χ2n) is 2.50. The molecule has 4 heteroatoms. The van der Waals surface area contributed by atoms with E-state index in [-0.39, 0.29) is 23.9 Å². The first-order valence-corrected chi connectivity index (χ1v) is 3.55. The molecule has 0 aliphatic rings. The van der Waals surface area contributed by atoms with Gasteiger partial charge in [0.15, 0.2) is 0 Å². The van der Waals surface area contributed by atoms with Crippen molar-refractivity contribution in [3.63, 3.8) is 0 Å². The number of aromatic hydroxyl groups is 2. The van der Waals surface area contributed by atoms with Crippen LogP contribution in [0.3, 0.4) is 0 Å². The fourth-order valence-corrected chi connectivity index (χ4v) is 0.941. The largest absolute Gasteiger partial charge is 0.508 e. The molecule has 0 bridgehead atoms. The quantitative estimate of drug-likeness (QED) is 0.639. The second-order valence-corrected chi connectivity index (χ2v) is 2.50. The van der Waals surface area contributed by atoms with Gasteiger partial charge in [-0.15, -0.1) is 19.0 Å². The Morgan fingerprint density at radius 1 is 1.38 bits per heavy atom. The van der Waals surface area contributed by atoms with Crippen molar-refractivity contribution in [3.05, 3.63) is 36.4 Å². The molecule has 72 valence electrons. The summed E-state index contributed by atoms with van der Waals surface area (Å²) in [4.78, 5) is 0. The van der Waals surface area contributed by atoms with Crippen LogP contribution in [0.1, 0.15) is 11.6 Å². The molecule has 1 aromatic carbocycles. The molecule has 0 aliphatic heterocycles. The first-order valence-electron chi connectivity index (χ1n) is 3.55. The number of benzene rings is 1. The van der Waals surface area contributed by atoms with Gasteiger partial charge in [0.1, 0.15) is 11.5 Å². The Labute approximate surface area is 82.9 Å². The molecule has 1 atom stereocenters. The molecule has 1 rings (SSSR count). The van der Waals surface area contributed by atoms with Gasteiger partial charge in [-0.1, -0.05) is 6.08 Å². The first-order chi connectivity index (χ1) is 5.65. The van der Waals surface area contributed by atoms with E-state index in [2.05, 4.69) is 6.58 Å². The smallest absolute Gasteiger partial charge is 0.124 e. The van der Waals surface area contributed by atoms with Gasteiger partial charge in [0, 0.05) is 11.6 Å². The summed E-state index contributed by atoms with van der Waals surface area (Å²) < 4.78 is 0. The fourth-order valence-electron chi connectivity index (χ4n) is 0.941. The minimum atomic E-state index is -0.398. The van der Waals surface area contributed by atoms with Crippen LogP contribution in [0.2, 0.25) is 0 Å². The second kappa shape index (κ2) is 4.74. The average molecular weight is 202 g/mol. The number of nitrogens with two attached hydrogens (primary N) is 1. The van der Waals surface area contributed by atoms with Gasteiger partial charge in [0.2, 0.25) is 0 Å². The Kier molecular flexibility index (Phi) is 4.31. The van der Waals surface area contributed by atoms with Crippen LogP contribution in [-0.2, 0) is 0 Å². The predicted octanol–water partition coefficient (Wildman–Crippen LogP) is 1.71. The van der Waals surface area contributed by atoms with Gasteiger partial charge in [-0.05, 0) is 12.1 Å². The monoisotopic (exact) mass is 201 g/mol. The molecule has 4 N–H and O–H groups in total. The zero-order valence-electron chi connectivity index (χ0n) is 6.97. The zero-order chi connectivity index (χ0) is 9.14. The molecule has 0 amide bonds. The molecule has 13 heavy (non-hydrogen) atoms. The van der Waals surface area contributed by atoms with Crippen molar-refractivity contribution in [2.75, 3.05) is 0 Å². The van der Waals surface area contributed by atoms with Crippen molar-refractivity contribution in [2.24, 2.45) is 5.73 Å². The molecule has 0 saturated carbocycles. The summed E-state index contributed by atoms with van der Waals surface area (Å²) in [5, 5.41) is 18.3. The van der Waals surface area contributed by atoms with Crippen LogP contribution in [0.15, 0.2) is 30.9 Å². The minimum Gasteiger partial charge on any atom is -0.508 e. The molecular weight excluding hydrogens is 190 g/mol. The lowest BCUT2D eigenvalue weighted by atomic mass is 10.1. The SMILES string of the molecule is C=C[C@H](N)c1ccc(O)cc1O.Cl. The van der Waals surface area contributed by atoms with Crippen LogP contribution in [0.25, 0.3) is 0 Å². The number of phenols is 2. The van der Waals surface area contributed by atoms with E-state index in [0.717, 1.165) is 0 Å². The van der Waals surface area contributed by atoms with Gasteiger partial charge < -0.3 is 15.9 Å². The predicted molar refractivity (Wildman–Crippen MR) is 54.1 cm³/mol. The Balaban J connectivity index is 0.00000144. The third-order valence-electron chi connectivity index (χ3n) is 1.63. The van der Waals surface area contributed by atoms with Gasteiger partial charge >= 0.3 is 0 Å². The van der Waals surface area contributed by atoms with E-state index < -0.39 is 6.04 Å². The Morgan fingerprint density at radius 2 is 2.00 bits per heavy atom. The topological polar surface area (TPSA) is 66.5 Å². The van der Waals surface area contributed by atoms with Crippen molar-refractivity contribution in [3.8, 4) is 11.5 Å². The van der Waals surface area contributed by atoms with E-state index in [1.54, 1.807) is 6.07 Å². The summed E-state index contributed by atoms with van der Waals surface area (Å²) in [6, 6.07) is 3.89. The van der Waals surface area contributed by atoms with Crippen LogP contribution >= 0.6 is 12.4 Å². The molecule has 0 unspecified atom stereocenters. The van der Waals surface area contributed by atoms with Gasteiger partial charge in [0.05, 0.1) is 6.04 Å². The molecule has 3 nitrogen and oxygen atoms in total.